The Morgan fingerprint density at radius 3 is 2.62 bits per heavy atom. The van der Waals surface area contributed by atoms with E-state index in [1.807, 2.05) is 0 Å². The van der Waals surface area contributed by atoms with Gasteiger partial charge in [0, 0.05) is 13.1 Å². The Morgan fingerprint density at radius 1 is 1.29 bits per heavy atom. The third-order valence-corrected chi connectivity index (χ3v) is 5.39. The van der Waals surface area contributed by atoms with E-state index in [-0.39, 0.29) is 6.03 Å². The zero-order valence-corrected chi connectivity index (χ0v) is 13.2. The Labute approximate surface area is 127 Å². The molecule has 0 aromatic rings. The number of nitrogens with one attached hydrogen (secondary N) is 1. The van der Waals surface area contributed by atoms with Crippen molar-refractivity contribution in [2.75, 3.05) is 13.1 Å². The summed E-state index contributed by atoms with van der Waals surface area (Å²) in [5, 5.41) is 12.3. The maximum atomic E-state index is 12.3. The minimum Gasteiger partial charge on any atom is -0.480 e. The lowest BCUT2D eigenvalue weighted by atomic mass is 9.89. The van der Waals surface area contributed by atoms with Crippen LogP contribution < -0.4 is 5.32 Å². The van der Waals surface area contributed by atoms with Crippen LogP contribution in [0.4, 0.5) is 4.79 Å². The summed E-state index contributed by atoms with van der Waals surface area (Å²) in [4.78, 5) is 25.3. The first-order valence-corrected chi connectivity index (χ1v) is 8.30. The smallest absolute Gasteiger partial charge is 0.326 e. The number of hydrogen-bond donors (Lipinski definition) is 2. The standard InChI is InChI=1S/C16H28N2O3/c1-3-12-7-8-18(14(9-12)15(19)20)16(21)17-10-13-6-4-5-11(13)2/h11-14H,3-10H2,1-2H3,(H,17,21)(H,19,20). The van der Waals surface area contributed by atoms with Crippen LogP contribution in [-0.4, -0.2) is 41.1 Å². The van der Waals surface area contributed by atoms with Crippen LogP contribution in [0, 0.1) is 17.8 Å². The highest BCUT2D eigenvalue weighted by molar-refractivity contribution is 5.82. The van der Waals surface area contributed by atoms with E-state index in [4.69, 9.17) is 0 Å². The summed E-state index contributed by atoms with van der Waals surface area (Å²) in [5.41, 5.74) is 0. The minimum absolute atomic E-state index is 0.198. The lowest BCUT2D eigenvalue weighted by molar-refractivity contribution is -0.144. The summed E-state index contributed by atoms with van der Waals surface area (Å²) >= 11 is 0. The lowest BCUT2D eigenvalue weighted by Gasteiger charge is -2.37. The molecule has 0 aromatic heterocycles. The van der Waals surface area contributed by atoms with Gasteiger partial charge in [-0.3, -0.25) is 0 Å². The quantitative estimate of drug-likeness (QED) is 0.838. The van der Waals surface area contributed by atoms with Crippen molar-refractivity contribution < 1.29 is 14.7 Å². The molecular formula is C16H28N2O3. The summed E-state index contributed by atoms with van der Waals surface area (Å²) < 4.78 is 0. The van der Waals surface area contributed by atoms with Gasteiger partial charge in [0.1, 0.15) is 6.04 Å². The van der Waals surface area contributed by atoms with E-state index in [0.29, 0.717) is 37.3 Å². The zero-order chi connectivity index (χ0) is 15.4. The molecule has 1 aliphatic carbocycles. The number of rotatable bonds is 4. The van der Waals surface area contributed by atoms with Gasteiger partial charge in [-0.1, -0.05) is 33.1 Å². The van der Waals surface area contributed by atoms with Gasteiger partial charge < -0.3 is 15.3 Å². The Hall–Kier alpha value is -1.26. The number of carbonyl (C=O) groups is 2. The molecule has 5 nitrogen and oxygen atoms in total. The maximum absolute atomic E-state index is 12.3. The van der Waals surface area contributed by atoms with Gasteiger partial charge in [0.15, 0.2) is 0 Å². The molecule has 1 heterocycles. The van der Waals surface area contributed by atoms with E-state index in [1.54, 1.807) is 0 Å². The molecule has 1 saturated carbocycles. The van der Waals surface area contributed by atoms with Crippen LogP contribution in [0.1, 0.15) is 52.4 Å². The number of carboxylic acids is 1. The first-order valence-electron chi connectivity index (χ1n) is 8.30. The van der Waals surface area contributed by atoms with Crippen molar-refractivity contribution in [3.63, 3.8) is 0 Å². The van der Waals surface area contributed by atoms with Crippen LogP contribution in [-0.2, 0) is 4.79 Å². The van der Waals surface area contributed by atoms with Crippen LogP contribution in [0.25, 0.3) is 0 Å². The average molecular weight is 296 g/mol. The summed E-state index contributed by atoms with van der Waals surface area (Å²) in [7, 11) is 0. The van der Waals surface area contributed by atoms with Crippen molar-refractivity contribution in [1.82, 2.24) is 10.2 Å². The SMILES string of the molecule is CCC1CCN(C(=O)NCC2CCCC2C)C(C(=O)O)C1. The molecule has 0 radical (unpaired) electrons. The molecule has 21 heavy (non-hydrogen) atoms. The number of carbonyl (C=O) groups excluding carboxylic acids is 1. The molecule has 1 aliphatic heterocycles. The average Bonchev–Trinajstić information content (AvgIpc) is 2.89. The molecule has 2 aliphatic rings. The second-order valence-electron chi connectivity index (χ2n) is 6.70. The third kappa shape index (κ3) is 3.89. The molecular weight excluding hydrogens is 268 g/mol. The Bertz CT molecular complexity index is 386. The number of carboxylic acid groups (broad SMARTS) is 1. The first kappa shape index (κ1) is 16.1. The van der Waals surface area contributed by atoms with Crippen LogP contribution in [0.15, 0.2) is 0 Å². The molecule has 5 heteroatoms. The van der Waals surface area contributed by atoms with Crippen LogP contribution in [0.3, 0.4) is 0 Å². The molecule has 4 atom stereocenters. The molecule has 0 spiro atoms. The van der Waals surface area contributed by atoms with Crippen molar-refractivity contribution in [2.45, 2.75) is 58.4 Å². The number of urea groups is 1. The molecule has 2 N–H and O–H groups in total. The Morgan fingerprint density at radius 2 is 2.05 bits per heavy atom. The highest BCUT2D eigenvalue weighted by Gasteiger charge is 2.36. The predicted molar refractivity (Wildman–Crippen MR) is 81.0 cm³/mol. The Balaban J connectivity index is 1.89. The highest BCUT2D eigenvalue weighted by Crippen LogP contribution is 2.30. The number of likely N-dealkylation sites (tertiary alicyclic amines) is 1. The van der Waals surface area contributed by atoms with E-state index in [1.165, 1.54) is 24.2 Å². The highest BCUT2D eigenvalue weighted by atomic mass is 16.4. The van der Waals surface area contributed by atoms with Gasteiger partial charge in [-0.2, -0.15) is 0 Å². The van der Waals surface area contributed by atoms with Crippen LogP contribution in [0.5, 0.6) is 0 Å². The molecule has 4 unspecified atom stereocenters. The second kappa shape index (κ2) is 7.14. The van der Waals surface area contributed by atoms with Gasteiger partial charge in [0.2, 0.25) is 0 Å². The largest absolute Gasteiger partial charge is 0.480 e. The van der Waals surface area contributed by atoms with Gasteiger partial charge in [-0.25, -0.2) is 9.59 Å². The van der Waals surface area contributed by atoms with Gasteiger partial charge >= 0.3 is 12.0 Å². The van der Waals surface area contributed by atoms with E-state index < -0.39 is 12.0 Å². The molecule has 0 bridgehead atoms. The van der Waals surface area contributed by atoms with Crippen molar-refractivity contribution in [3.05, 3.63) is 0 Å². The third-order valence-electron chi connectivity index (χ3n) is 5.39. The summed E-state index contributed by atoms with van der Waals surface area (Å²) in [6, 6.07) is -0.860. The molecule has 2 amide bonds. The van der Waals surface area contributed by atoms with Gasteiger partial charge in [-0.05, 0) is 37.0 Å². The summed E-state index contributed by atoms with van der Waals surface area (Å²) in [5.74, 6) is 0.749. The van der Waals surface area contributed by atoms with Crippen molar-refractivity contribution in [1.29, 1.82) is 0 Å². The fourth-order valence-electron chi connectivity index (χ4n) is 3.73. The van der Waals surface area contributed by atoms with Crippen molar-refractivity contribution >= 4 is 12.0 Å². The predicted octanol–water partition coefficient (Wildman–Crippen LogP) is 2.71. The minimum atomic E-state index is -0.877. The lowest BCUT2D eigenvalue weighted by Crippen LogP contribution is -2.54. The fourth-order valence-corrected chi connectivity index (χ4v) is 3.73. The molecule has 0 aromatic carbocycles. The summed E-state index contributed by atoms with van der Waals surface area (Å²) in [6.07, 6.45) is 6.12. The van der Waals surface area contributed by atoms with Crippen LogP contribution >= 0.6 is 0 Å². The number of piperidine rings is 1. The van der Waals surface area contributed by atoms with Crippen molar-refractivity contribution in [2.24, 2.45) is 17.8 Å². The first-order chi connectivity index (χ1) is 10.0. The zero-order valence-electron chi connectivity index (χ0n) is 13.2. The number of amides is 2. The van der Waals surface area contributed by atoms with E-state index in [2.05, 4.69) is 19.2 Å². The van der Waals surface area contributed by atoms with Gasteiger partial charge in [0.05, 0.1) is 0 Å². The van der Waals surface area contributed by atoms with E-state index in [0.717, 1.165) is 12.8 Å². The summed E-state index contributed by atoms with van der Waals surface area (Å²) in [6.45, 7) is 5.55. The molecule has 2 fully saturated rings. The van der Waals surface area contributed by atoms with Gasteiger partial charge in [0.25, 0.3) is 0 Å². The Kier molecular flexibility index (Phi) is 5.48. The normalized spacial score (nSPS) is 33.0. The monoisotopic (exact) mass is 296 g/mol. The molecule has 1 saturated heterocycles. The molecule has 2 rings (SSSR count). The number of nitrogens with zero attached hydrogens (tertiary/aromatic N) is 1. The van der Waals surface area contributed by atoms with E-state index in [9.17, 15) is 14.7 Å². The second-order valence-corrected chi connectivity index (χ2v) is 6.70. The topological polar surface area (TPSA) is 69.6 Å². The fraction of sp³-hybridized carbons (Fsp3) is 0.875. The number of aliphatic carboxylic acids is 1. The number of hydrogen-bond acceptors (Lipinski definition) is 2. The van der Waals surface area contributed by atoms with Gasteiger partial charge in [-0.15, -0.1) is 0 Å². The van der Waals surface area contributed by atoms with Crippen molar-refractivity contribution in [3.8, 4) is 0 Å². The molecule has 120 valence electrons. The maximum Gasteiger partial charge on any atom is 0.326 e. The van der Waals surface area contributed by atoms with E-state index >= 15 is 0 Å². The van der Waals surface area contributed by atoms with Crippen LogP contribution in [0.2, 0.25) is 0 Å².